The van der Waals surface area contributed by atoms with Gasteiger partial charge >= 0.3 is 0 Å². The summed E-state index contributed by atoms with van der Waals surface area (Å²) in [5.41, 5.74) is 7.66. The molecule has 0 fully saturated rings. The monoisotopic (exact) mass is 272 g/mol. The van der Waals surface area contributed by atoms with E-state index in [1.807, 2.05) is 31.2 Å². The van der Waals surface area contributed by atoms with E-state index in [1.165, 1.54) is 5.56 Å². The van der Waals surface area contributed by atoms with Crippen LogP contribution in [-0.2, 0) is 6.54 Å². The van der Waals surface area contributed by atoms with Crippen LogP contribution in [0.3, 0.4) is 0 Å². The molecule has 0 aliphatic heterocycles. The first-order chi connectivity index (χ1) is 9.72. The largest absolute Gasteiger partial charge is 0.477 e. The van der Waals surface area contributed by atoms with Crippen LogP contribution >= 0.6 is 0 Å². The lowest BCUT2D eigenvalue weighted by Crippen LogP contribution is -2.23. The summed E-state index contributed by atoms with van der Waals surface area (Å²) >= 11 is 0. The van der Waals surface area contributed by atoms with Crippen molar-refractivity contribution in [1.29, 1.82) is 0 Å². The second-order valence-electron chi connectivity index (χ2n) is 4.40. The zero-order valence-electron chi connectivity index (χ0n) is 11.9. The van der Waals surface area contributed by atoms with Crippen molar-refractivity contribution < 1.29 is 4.74 Å². The van der Waals surface area contributed by atoms with Crippen molar-refractivity contribution in [1.82, 2.24) is 9.97 Å². The quantitative estimate of drug-likeness (QED) is 0.818. The number of nitrogen functional groups attached to an aromatic ring is 1. The van der Waals surface area contributed by atoms with Crippen molar-refractivity contribution in [2.75, 3.05) is 23.8 Å². The highest BCUT2D eigenvalue weighted by molar-refractivity contribution is 5.42. The smallest absolute Gasteiger partial charge is 0.234 e. The highest BCUT2D eigenvalue weighted by Gasteiger charge is 2.08. The maximum absolute atomic E-state index is 5.70. The van der Waals surface area contributed by atoms with Crippen LogP contribution < -0.4 is 15.4 Å². The molecule has 0 bridgehead atoms. The summed E-state index contributed by atoms with van der Waals surface area (Å²) < 4.78 is 5.39. The van der Waals surface area contributed by atoms with E-state index < -0.39 is 0 Å². The van der Waals surface area contributed by atoms with Gasteiger partial charge in [0.1, 0.15) is 0 Å². The van der Waals surface area contributed by atoms with Gasteiger partial charge in [0.2, 0.25) is 5.88 Å². The molecule has 0 radical (unpaired) electrons. The molecule has 0 spiro atoms. The summed E-state index contributed by atoms with van der Waals surface area (Å²) in [6, 6.07) is 7.87. The van der Waals surface area contributed by atoms with Crippen LogP contribution in [0, 0.1) is 0 Å². The Morgan fingerprint density at radius 1 is 1.15 bits per heavy atom. The molecule has 20 heavy (non-hydrogen) atoms. The molecule has 0 aliphatic rings. The average Bonchev–Trinajstić information content (AvgIpc) is 2.47. The van der Waals surface area contributed by atoms with E-state index in [4.69, 9.17) is 10.5 Å². The first-order valence-electron chi connectivity index (χ1n) is 6.77. The molecule has 2 N–H and O–H groups in total. The van der Waals surface area contributed by atoms with Gasteiger partial charge in [0.05, 0.1) is 19.0 Å². The zero-order valence-corrected chi connectivity index (χ0v) is 11.9. The minimum absolute atomic E-state index is 0.556. The predicted molar refractivity (Wildman–Crippen MR) is 80.8 cm³/mol. The van der Waals surface area contributed by atoms with E-state index >= 15 is 0 Å². The third-order valence-corrected chi connectivity index (χ3v) is 2.95. The van der Waals surface area contributed by atoms with Crippen LogP contribution in [0.1, 0.15) is 19.4 Å². The molecule has 106 valence electrons. The summed E-state index contributed by atoms with van der Waals surface area (Å²) in [5, 5.41) is 0. The minimum atomic E-state index is 0.556. The Morgan fingerprint density at radius 3 is 2.55 bits per heavy atom. The Kier molecular flexibility index (Phi) is 4.76. The second kappa shape index (κ2) is 6.75. The Balaban J connectivity index is 2.15. The Hall–Kier alpha value is -2.30. The molecular formula is C15H20N4O. The molecule has 2 aromatic rings. The maximum atomic E-state index is 5.70. The topological polar surface area (TPSA) is 64.3 Å². The van der Waals surface area contributed by atoms with E-state index in [0.29, 0.717) is 12.5 Å². The van der Waals surface area contributed by atoms with Crippen LogP contribution in [0.2, 0.25) is 0 Å². The Bertz CT molecular complexity index is 542. The van der Waals surface area contributed by atoms with E-state index in [2.05, 4.69) is 21.8 Å². The van der Waals surface area contributed by atoms with Gasteiger partial charge in [0, 0.05) is 18.8 Å². The lowest BCUT2D eigenvalue weighted by Gasteiger charge is -2.22. The number of hydrogen-bond donors (Lipinski definition) is 1. The van der Waals surface area contributed by atoms with Crippen LogP contribution in [0.5, 0.6) is 5.88 Å². The van der Waals surface area contributed by atoms with Crippen molar-refractivity contribution in [2.45, 2.75) is 20.4 Å². The highest BCUT2D eigenvalue weighted by atomic mass is 16.5. The standard InChI is InChI=1S/C15H20N4O/c1-3-19(11-12-5-7-13(16)8-6-12)14-9-17-10-15(18-14)20-4-2/h5-10H,3-4,11,16H2,1-2H3. The van der Waals surface area contributed by atoms with Gasteiger partial charge in [0.25, 0.3) is 0 Å². The van der Waals surface area contributed by atoms with Crippen LogP contribution in [-0.4, -0.2) is 23.1 Å². The molecule has 0 saturated heterocycles. The fraction of sp³-hybridized carbons (Fsp3) is 0.333. The lowest BCUT2D eigenvalue weighted by molar-refractivity contribution is 0.325. The zero-order chi connectivity index (χ0) is 14.4. The molecule has 1 aromatic heterocycles. The number of rotatable bonds is 6. The highest BCUT2D eigenvalue weighted by Crippen LogP contribution is 2.17. The van der Waals surface area contributed by atoms with Crippen LogP contribution in [0.25, 0.3) is 0 Å². The number of hydrogen-bond acceptors (Lipinski definition) is 5. The first kappa shape index (κ1) is 14.1. The van der Waals surface area contributed by atoms with E-state index in [9.17, 15) is 0 Å². The van der Waals surface area contributed by atoms with Crippen molar-refractivity contribution in [3.8, 4) is 5.88 Å². The molecule has 1 heterocycles. The predicted octanol–water partition coefficient (Wildman–Crippen LogP) is 2.48. The summed E-state index contributed by atoms with van der Waals surface area (Å²) in [4.78, 5) is 10.8. The van der Waals surface area contributed by atoms with Gasteiger partial charge in [0.15, 0.2) is 5.82 Å². The summed E-state index contributed by atoms with van der Waals surface area (Å²) in [5.74, 6) is 1.37. The fourth-order valence-electron chi connectivity index (χ4n) is 1.91. The van der Waals surface area contributed by atoms with Crippen molar-refractivity contribution in [2.24, 2.45) is 0 Å². The molecular weight excluding hydrogens is 252 g/mol. The van der Waals surface area contributed by atoms with Gasteiger partial charge in [-0.1, -0.05) is 12.1 Å². The number of aromatic nitrogens is 2. The Morgan fingerprint density at radius 2 is 1.90 bits per heavy atom. The molecule has 0 amide bonds. The molecule has 1 aromatic carbocycles. The SMILES string of the molecule is CCOc1cncc(N(CC)Cc2ccc(N)cc2)n1. The van der Waals surface area contributed by atoms with Gasteiger partial charge in [-0.3, -0.25) is 4.98 Å². The summed E-state index contributed by atoms with van der Waals surface area (Å²) in [6.45, 7) is 6.21. The second-order valence-corrected chi connectivity index (χ2v) is 4.40. The van der Waals surface area contributed by atoms with Crippen LogP contribution in [0.4, 0.5) is 11.5 Å². The molecule has 5 nitrogen and oxygen atoms in total. The van der Waals surface area contributed by atoms with Crippen molar-refractivity contribution >= 4 is 11.5 Å². The molecule has 0 aliphatic carbocycles. The minimum Gasteiger partial charge on any atom is -0.477 e. The molecule has 0 saturated carbocycles. The van der Waals surface area contributed by atoms with Gasteiger partial charge in [-0.2, -0.15) is 4.98 Å². The number of nitrogens with two attached hydrogens (primary N) is 1. The van der Waals surface area contributed by atoms with Crippen LogP contribution in [0.15, 0.2) is 36.7 Å². The van der Waals surface area contributed by atoms with Crippen molar-refractivity contribution in [3.63, 3.8) is 0 Å². The van der Waals surface area contributed by atoms with Gasteiger partial charge in [-0.25, -0.2) is 0 Å². The van der Waals surface area contributed by atoms with E-state index in [0.717, 1.165) is 24.6 Å². The number of anilines is 2. The summed E-state index contributed by atoms with van der Waals surface area (Å²) in [6.07, 6.45) is 3.38. The molecule has 0 unspecified atom stereocenters. The third-order valence-electron chi connectivity index (χ3n) is 2.95. The van der Waals surface area contributed by atoms with Gasteiger partial charge in [-0.15, -0.1) is 0 Å². The fourth-order valence-corrected chi connectivity index (χ4v) is 1.91. The first-order valence-corrected chi connectivity index (χ1v) is 6.77. The van der Waals surface area contributed by atoms with E-state index in [-0.39, 0.29) is 0 Å². The molecule has 0 atom stereocenters. The van der Waals surface area contributed by atoms with Gasteiger partial charge < -0.3 is 15.4 Å². The lowest BCUT2D eigenvalue weighted by atomic mass is 10.2. The molecule has 5 heteroatoms. The van der Waals surface area contributed by atoms with E-state index in [1.54, 1.807) is 12.4 Å². The van der Waals surface area contributed by atoms with Crippen molar-refractivity contribution in [3.05, 3.63) is 42.2 Å². The van der Waals surface area contributed by atoms with Gasteiger partial charge in [-0.05, 0) is 31.5 Å². The third kappa shape index (κ3) is 3.60. The maximum Gasteiger partial charge on any atom is 0.234 e. The average molecular weight is 272 g/mol. The number of benzene rings is 1. The molecule has 2 rings (SSSR count). The number of ether oxygens (including phenoxy) is 1. The Labute approximate surface area is 119 Å². The summed E-state index contributed by atoms with van der Waals surface area (Å²) in [7, 11) is 0. The normalized spacial score (nSPS) is 10.3. The number of nitrogens with zero attached hydrogens (tertiary/aromatic N) is 3.